The number of pyridine rings is 1. The molecule has 0 bridgehead atoms. The molecular weight excluding hydrogens is 353 g/mol. The first-order valence-corrected chi connectivity index (χ1v) is 9.95. The number of aryl methyl sites for hydroxylation is 1. The van der Waals surface area contributed by atoms with E-state index in [0.717, 1.165) is 27.8 Å². The molecule has 0 saturated heterocycles. The highest BCUT2D eigenvalue weighted by atomic mass is 32.2. The molecule has 0 aliphatic heterocycles. The predicted molar refractivity (Wildman–Crippen MR) is 103 cm³/mol. The molecule has 2 aromatic heterocycles. The number of para-hydroxylation sites is 1. The zero-order chi connectivity index (χ0) is 17.2. The smallest absolute Gasteiger partial charge is 0.196 e. The van der Waals surface area contributed by atoms with Gasteiger partial charge in [-0.3, -0.25) is 4.40 Å². The zero-order valence-corrected chi connectivity index (χ0v) is 15.3. The van der Waals surface area contributed by atoms with E-state index in [9.17, 15) is 4.39 Å². The third-order valence-corrected chi connectivity index (χ3v) is 6.22. The van der Waals surface area contributed by atoms with Crippen molar-refractivity contribution >= 4 is 40.1 Å². The van der Waals surface area contributed by atoms with Gasteiger partial charge in [0, 0.05) is 21.8 Å². The summed E-state index contributed by atoms with van der Waals surface area (Å²) >= 11 is 3.18. The van der Waals surface area contributed by atoms with Crippen molar-refractivity contribution in [1.82, 2.24) is 14.6 Å². The number of benzene rings is 2. The van der Waals surface area contributed by atoms with Crippen LogP contribution in [0.1, 0.15) is 5.56 Å². The van der Waals surface area contributed by atoms with E-state index in [2.05, 4.69) is 39.7 Å². The molecule has 2 heterocycles. The van der Waals surface area contributed by atoms with E-state index in [0.29, 0.717) is 4.90 Å². The van der Waals surface area contributed by atoms with E-state index >= 15 is 0 Å². The van der Waals surface area contributed by atoms with Crippen molar-refractivity contribution < 1.29 is 4.39 Å². The number of fused-ring (bicyclic) bond motifs is 3. The van der Waals surface area contributed by atoms with Gasteiger partial charge in [0.2, 0.25) is 0 Å². The van der Waals surface area contributed by atoms with Gasteiger partial charge < -0.3 is 0 Å². The van der Waals surface area contributed by atoms with Crippen molar-refractivity contribution in [1.29, 1.82) is 0 Å². The normalized spacial score (nSPS) is 11.4. The Balaban J connectivity index is 1.54. The predicted octanol–water partition coefficient (Wildman–Crippen LogP) is 5.21. The quantitative estimate of drug-likeness (QED) is 0.357. The molecule has 0 radical (unpaired) electrons. The standard InChI is InChI=1S/C19H16FN3S2/c1-13-12-18-21-22-19(23(18)16-8-4-2-6-14(13)16)25-11-10-24-17-9-5-3-7-15(17)20/h2-9,12H,10-11H2,1H3. The summed E-state index contributed by atoms with van der Waals surface area (Å²) < 4.78 is 15.8. The molecule has 0 saturated carbocycles. The van der Waals surface area contributed by atoms with Crippen LogP contribution >= 0.6 is 23.5 Å². The Morgan fingerprint density at radius 2 is 1.72 bits per heavy atom. The molecule has 0 atom stereocenters. The number of nitrogens with zero attached hydrogens (tertiary/aromatic N) is 3. The molecule has 3 nitrogen and oxygen atoms in total. The lowest BCUT2D eigenvalue weighted by Crippen LogP contribution is -1.94. The first-order chi connectivity index (χ1) is 12.2. The minimum atomic E-state index is -0.160. The average Bonchev–Trinajstić information content (AvgIpc) is 3.03. The molecule has 4 aromatic rings. The summed E-state index contributed by atoms with van der Waals surface area (Å²) in [4.78, 5) is 0.690. The van der Waals surface area contributed by atoms with Gasteiger partial charge in [0.05, 0.1) is 5.52 Å². The third-order valence-electron chi connectivity index (χ3n) is 3.98. The second-order valence-corrected chi connectivity index (χ2v) is 7.85. The Hall–Kier alpha value is -2.05. The van der Waals surface area contributed by atoms with Gasteiger partial charge in [-0.1, -0.05) is 42.1 Å². The SMILES string of the molecule is Cc1cc2nnc(SCCSc3ccccc3F)n2c2ccccc12. The Kier molecular flexibility index (Phi) is 4.63. The fourth-order valence-corrected chi connectivity index (χ4v) is 4.68. The largest absolute Gasteiger partial charge is 0.270 e. The van der Waals surface area contributed by atoms with Crippen LogP contribution in [0.25, 0.3) is 16.6 Å². The zero-order valence-electron chi connectivity index (χ0n) is 13.6. The minimum Gasteiger partial charge on any atom is -0.270 e. The van der Waals surface area contributed by atoms with Crippen LogP contribution in [0, 0.1) is 12.7 Å². The second-order valence-electron chi connectivity index (χ2n) is 5.65. The molecule has 25 heavy (non-hydrogen) atoms. The lowest BCUT2D eigenvalue weighted by molar-refractivity contribution is 0.602. The van der Waals surface area contributed by atoms with Crippen LogP contribution in [0.4, 0.5) is 4.39 Å². The van der Waals surface area contributed by atoms with Gasteiger partial charge >= 0.3 is 0 Å². The molecule has 0 aliphatic rings. The number of rotatable bonds is 5. The average molecular weight is 369 g/mol. The molecule has 126 valence electrons. The third kappa shape index (κ3) is 3.24. The Morgan fingerprint density at radius 3 is 2.60 bits per heavy atom. The van der Waals surface area contributed by atoms with Crippen molar-refractivity contribution in [2.24, 2.45) is 0 Å². The van der Waals surface area contributed by atoms with E-state index in [4.69, 9.17) is 0 Å². The van der Waals surface area contributed by atoms with Gasteiger partial charge in [-0.15, -0.1) is 22.0 Å². The van der Waals surface area contributed by atoms with Crippen molar-refractivity contribution in [2.75, 3.05) is 11.5 Å². The highest BCUT2D eigenvalue weighted by Gasteiger charge is 2.11. The fourth-order valence-electron chi connectivity index (χ4n) is 2.81. The van der Waals surface area contributed by atoms with E-state index in [1.807, 2.05) is 24.3 Å². The fraction of sp³-hybridized carbons (Fsp3) is 0.158. The maximum absolute atomic E-state index is 13.7. The Bertz CT molecular complexity index is 1050. The maximum atomic E-state index is 13.7. The lowest BCUT2D eigenvalue weighted by Gasteiger charge is -2.07. The topological polar surface area (TPSA) is 30.2 Å². The van der Waals surface area contributed by atoms with Crippen LogP contribution in [0.5, 0.6) is 0 Å². The van der Waals surface area contributed by atoms with Crippen LogP contribution in [0.15, 0.2) is 64.6 Å². The van der Waals surface area contributed by atoms with E-state index in [1.165, 1.54) is 28.8 Å². The monoisotopic (exact) mass is 369 g/mol. The summed E-state index contributed by atoms with van der Waals surface area (Å²) in [5, 5.41) is 10.7. The minimum absolute atomic E-state index is 0.160. The number of hydrogen-bond acceptors (Lipinski definition) is 4. The Morgan fingerprint density at radius 1 is 0.960 bits per heavy atom. The number of hydrogen-bond donors (Lipinski definition) is 0. The van der Waals surface area contributed by atoms with Crippen LogP contribution in [-0.2, 0) is 0 Å². The van der Waals surface area contributed by atoms with Gasteiger partial charge in [-0.05, 0) is 36.8 Å². The summed E-state index contributed by atoms with van der Waals surface area (Å²) in [6.45, 7) is 2.09. The van der Waals surface area contributed by atoms with Gasteiger partial charge in [-0.25, -0.2) is 4.39 Å². The van der Waals surface area contributed by atoms with E-state index in [-0.39, 0.29) is 5.82 Å². The molecule has 6 heteroatoms. The van der Waals surface area contributed by atoms with E-state index in [1.54, 1.807) is 17.8 Å². The number of aromatic nitrogens is 3. The van der Waals surface area contributed by atoms with E-state index < -0.39 is 0 Å². The summed E-state index contributed by atoms with van der Waals surface area (Å²) in [5.74, 6) is 1.48. The molecule has 0 unspecified atom stereocenters. The van der Waals surface area contributed by atoms with Crippen molar-refractivity contribution in [2.45, 2.75) is 17.0 Å². The van der Waals surface area contributed by atoms with Crippen molar-refractivity contribution in [3.05, 3.63) is 66.0 Å². The molecular formula is C19H16FN3S2. The van der Waals surface area contributed by atoms with Crippen LogP contribution in [0.2, 0.25) is 0 Å². The number of halogens is 1. The second kappa shape index (κ2) is 7.06. The number of thioether (sulfide) groups is 2. The first kappa shape index (κ1) is 16.4. The summed E-state index contributed by atoms with van der Waals surface area (Å²) in [6, 6.07) is 17.2. The molecule has 4 rings (SSSR count). The maximum Gasteiger partial charge on any atom is 0.196 e. The first-order valence-electron chi connectivity index (χ1n) is 7.97. The molecule has 0 spiro atoms. The van der Waals surface area contributed by atoms with Gasteiger partial charge in [0.25, 0.3) is 0 Å². The van der Waals surface area contributed by atoms with Crippen LogP contribution in [-0.4, -0.2) is 26.1 Å². The van der Waals surface area contributed by atoms with Crippen LogP contribution in [0.3, 0.4) is 0 Å². The molecule has 0 aliphatic carbocycles. The molecule has 0 N–H and O–H groups in total. The van der Waals surface area contributed by atoms with Gasteiger partial charge in [-0.2, -0.15) is 0 Å². The highest BCUT2D eigenvalue weighted by Crippen LogP contribution is 2.27. The van der Waals surface area contributed by atoms with Crippen molar-refractivity contribution in [3.8, 4) is 0 Å². The summed E-state index contributed by atoms with van der Waals surface area (Å²) in [6.07, 6.45) is 0. The molecule has 2 aromatic carbocycles. The van der Waals surface area contributed by atoms with Gasteiger partial charge in [0.15, 0.2) is 10.8 Å². The van der Waals surface area contributed by atoms with Crippen molar-refractivity contribution in [3.63, 3.8) is 0 Å². The lowest BCUT2D eigenvalue weighted by atomic mass is 10.1. The summed E-state index contributed by atoms with van der Waals surface area (Å²) in [7, 11) is 0. The molecule has 0 fully saturated rings. The molecule has 0 amide bonds. The highest BCUT2D eigenvalue weighted by molar-refractivity contribution is 8.02. The van der Waals surface area contributed by atoms with Gasteiger partial charge in [0.1, 0.15) is 5.82 Å². The summed E-state index contributed by atoms with van der Waals surface area (Å²) in [5.41, 5.74) is 3.18. The Labute approximate surface area is 153 Å². The van der Waals surface area contributed by atoms with Crippen LogP contribution < -0.4 is 0 Å².